The van der Waals surface area contributed by atoms with E-state index in [1.54, 1.807) is 12.4 Å². The van der Waals surface area contributed by atoms with Gasteiger partial charge in [0, 0.05) is 37.4 Å². The zero-order valence-corrected chi connectivity index (χ0v) is 14.8. The van der Waals surface area contributed by atoms with E-state index in [2.05, 4.69) is 9.97 Å². The number of hydrogen-bond acceptors (Lipinski definition) is 4. The maximum absolute atomic E-state index is 12.9. The first-order valence-electron chi connectivity index (χ1n) is 9.06. The van der Waals surface area contributed by atoms with Gasteiger partial charge in [0.25, 0.3) is 11.8 Å². The van der Waals surface area contributed by atoms with Crippen molar-refractivity contribution in [1.82, 2.24) is 19.8 Å². The number of carbonyl (C=O) groups excluding carboxylic acids is 2. The lowest BCUT2D eigenvalue weighted by atomic mass is 9.95. The Bertz CT molecular complexity index is 806. The Morgan fingerprint density at radius 2 is 1.77 bits per heavy atom. The summed E-state index contributed by atoms with van der Waals surface area (Å²) in [6.45, 7) is 3.81. The number of amides is 2. The number of nitrogens with zero attached hydrogens (tertiary/aromatic N) is 4. The van der Waals surface area contributed by atoms with Crippen LogP contribution in [-0.2, 0) is 0 Å². The lowest BCUT2D eigenvalue weighted by Crippen LogP contribution is -2.48. The third-order valence-corrected chi connectivity index (χ3v) is 5.28. The Balaban J connectivity index is 1.54. The van der Waals surface area contributed by atoms with Crippen LogP contribution in [0.5, 0.6) is 0 Å². The summed E-state index contributed by atoms with van der Waals surface area (Å²) in [6.07, 6.45) is 5.14. The van der Waals surface area contributed by atoms with Gasteiger partial charge in [-0.1, -0.05) is 18.2 Å². The van der Waals surface area contributed by atoms with Gasteiger partial charge in [-0.15, -0.1) is 0 Å². The molecular weight excluding hydrogens is 328 g/mol. The predicted octanol–water partition coefficient (Wildman–Crippen LogP) is 2.16. The van der Waals surface area contributed by atoms with Gasteiger partial charge in [0.15, 0.2) is 0 Å². The summed E-state index contributed by atoms with van der Waals surface area (Å²) in [5.74, 6) is 0.275. The van der Waals surface area contributed by atoms with E-state index < -0.39 is 0 Å². The number of fused-ring (bicyclic) bond motifs is 4. The Morgan fingerprint density at radius 3 is 2.50 bits per heavy atom. The minimum Gasteiger partial charge on any atom is -0.336 e. The lowest BCUT2D eigenvalue weighted by Gasteiger charge is -2.35. The van der Waals surface area contributed by atoms with Gasteiger partial charge in [-0.3, -0.25) is 14.6 Å². The molecule has 134 valence electrons. The van der Waals surface area contributed by atoms with Crippen molar-refractivity contribution in [2.75, 3.05) is 19.6 Å². The van der Waals surface area contributed by atoms with Crippen LogP contribution in [0.2, 0.25) is 0 Å². The molecule has 3 aliphatic heterocycles. The molecule has 0 aliphatic carbocycles. The number of carbonyl (C=O) groups is 2. The number of aryl methyl sites for hydroxylation is 1. The standard InChI is InChI=1S/C20H22N4O2/c1-14-9-22-18(10-21-14)20(26)24-12-15-7-8-17(24)13-23(11-15)19(25)16-5-3-2-4-6-16/h2-6,9-10,15,17H,7-8,11-13H2,1H3/t15-,17+/m0/s1. The molecule has 2 amide bonds. The normalized spacial score (nSPS) is 22.2. The van der Waals surface area contributed by atoms with Crippen LogP contribution in [0.4, 0.5) is 0 Å². The monoisotopic (exact) mass is 350 g/mol. The lowest BCUT2D eigenvalue weighted by molar-refractivity contribution is 0.0568. The maximum atomic E-state index is 12.9. The molecule has 6 heteroatoms. The first-order chi connectivity index (χ1) is 12.6. The molecule has 3 saturated heterocycles. The molecule has 3 aliphatic rings. The van der Waals surface area contributed by atoms with Crippen LogP contribution < -0.4 is 0 Å². The summed E-state index contributed by atoms with van der Waals surface area (Å²) in [7, 11) is 0. The number of rotatable bonds is 2. The van der Waals surface area contributed by atoms with Crippen LogP contribution in [0, 0.1) is 12.8 Å². The molecule has 2 atom stereocenters. The van der Waals surface area contributed by atoms with Crippen molar-refractivity contribution in [1.29, 1.82) is 0 Å². The fourth-order valence-electron chi connectivity index (χ4n) is 3.91. The molecule has 2 aromatic rings. The van der Waals surface area contributed by atoms with Crippen LogP contribution in [0.15, 0.2) is 42.7 Å². The van der Waals surface area contributed by atoms with Crippen LogP contribution in [-0.4, -0.2) is 57.3 Å². The van der Waals surface area contributed by atoms with Gasteiger partial charge in [0.05, 0.1) is 11.9 Å². The molecule has 26 heavy (non-hydrogen) atoms. The molecule has 3 fully saturated rings. The number of piperidine rings is 1. The van der Waals surface area contributed by atoms with E-state index in [-0.39, 0.29) is 17.9 Å². The smallest absolute Gasteiger partial charge is 0.274 e. The molecule has 0 radical (unpaired) electrons. The van der Waals surface area contributed by atoms with Gasteiger partial charge in [0.1, 0.15) is 5.69 Å². The van der Waals surface area contributed by atoms with E-state index in [0.29, 0.717) is 36.8 Å². The number of benzene rings is 1. The van der Waals surface area contributed by atoms with Crippen molar-refractivity contribution < 1.29 is 9.59 Å². The first kappa shape index (κ1) is 16.7. The first-order valence-corrected chi connectivity index (χ1v) is 9.06. The fourth-order valence-corrected chi connectivity index (χ4v) is 3.91. The highest BCUT2D eigenvalue weighted by molar-refractivity contribution is 5.95. The van der Waals surface area contributed by atoms with Crippen LogP contribution >= 0.6 is 0 Å². The molecule has 1 aromatic carbocycles. The Hall–Kier alpha value is -2.76. The summed E-state index contributed by atoms with van der Waals surface area (Å²) in [5, 5.41) is 0. The Labute approximate surface area is 152 Å². The number of aromatic nitrogens is 2. The second-order valence-corrected chi connectivity index (χ2v) is 7.17. The van der Waals surface area contributed by atoms with E-state index >= 15 is 0 Å². The molecule has 5 rings (SSSR count). The molecule has 0 saturated carbocycles. The zero-order valence-electron chi connectivity index (χ0n) is 14.8. The van der Waals surface area contributed by atoms with Crippen molar-refractivity contribution in [3.63, 3.8) is 0 Å². The average molecular weight is 350 g/mol. The van der Waals surface area contributed by atoms with Gasteiger partial charge in [-0.25, -0.2) is 4.98 Å². The molecule has 6 nitrogen and oxygen atoms in total. The van der Waals surface area contributed by atoms with Gasteiger partial charge in [0.2, 0.25) is 0 Å². The van der Waals surface area contributed by atoms with Crippen LogP contribution in [0.25, 0.3) is 0 Å². The summed E-state index contributed by atoms with van der Waals surface area (Å²) >= 11 is 0. The summed E-state index contributed by atoms with van der Waals surface area (Å²) < 4.78 is 0. The number of hydrogen-bond donors (Lipinski definition) is 0. The third kappa shape index (κ3) is 3.19. The van der Waals surface area contributed by atoms with E-state index in [9.17, 15) is 9.59 Å². The van der Waals surface area contributed by atoms with Gasteiger partial charge >= 0.3 is 0 Å². The van der Waals surface area contributed by atoms with E-state index in [4.69, 9.17) is 0 Å². The SMILES string of the molecule is Cc1cnc(C(=O)N2C[C@H]3CC[C@@H]2CN(C(=O)c2ccccc2)C3)cn1. The molecule has 2 bridgehead atoms. The topological polar surface area (TPSA) is 66.4 Å². The highest BCUT2D eigenvalue weighted by Gasteiger charge is 2.39. The second-order valence-electron chi connectivity index (χ2n) is 7.17. The van der Waals surface area contributed by atoms with E-state index in [1.165, 1.54) is 0 Å². The summed E-state index contributed by atoms with van der Waals surface area (Å²) in [6, 6.07) is 9.40. The average Bonchev–Trinajstić information content (AvgIpc) is 3.00. The molecule has 0 N–H and O–H groups in total. The minimum atomic E-state index is -0.0822. The van der Waals surface area contributed by atoms with Gasteiger partial charge < -0.3 is 9.80 Å². The molecule has 4 heterocycles. The van der Waals surface area contributed by atoms with E-state index in [1.807, 2.05) is 47.1 Å². The fraction of sp³-hybridized carbons (Fsp3) is 0.400. The largest absolute Gasteiger partial charge is 0.336 e. The van der Waals surface area contributed by atoms with Gasteiger partial charge in [-0.05, 0) is 37.8 Å². The summed E-state index contributed by atoms with van der Waals surface area (Å²) in [5.41, 5.74) is 1.87. The Kier molecular flexibility index (Phi) is 4.41. The third-order valence-electron chi connectivity index (χ3n) is 5.28. The van der Waals surface area contributed by atoms with Crippen LogP contribution in [0.3, 0.4) is 0 Å². The van der Waals surface area contributed by atoms with Crippen molar-refractivity contribution >= 4 is 11.8 Å². The maximum Gasteiger partial charge on any atom is 0.274 e. The second kappa shape index (κ2) is 6.86. The highest BCUT2D eigenvalue weighted by Crippen LogP contribution is 2.29. The summed E-state index contributed by atoms with van der Waals surface area (Å²) in [4.78, 5) is 38.0. The highest BCUT2D eigenvalue weighted by atomic mass is 16.2. The van der Waals surface area contributed by atoms with Crippen molar-refractivity contribution in [3.05, 3.63) is 59.7 Å². The quantitative estimate of drug-likeness (QED) is 0.832. The van der Waals surface area contributed by atoms with Crippen LogP contribution in [0.1, 0.15) is 39.4 Å². The molecule has 1 aromatic heterocycles. The minimum absolute atomic E-state index is 0.0389. The zero-order chi connectivity index (χ0) is 18.1. The molecule has 0 unspecified atom stereocenters. The predicted molar refractivity (Wildman–Crippen MR) is 96.7 cm³/mol. The van der Waals surface area contributed by atoms with E-state index in [0.717, 1.165) is 18.5 Å². The molecule has 0 spiro atoms. The van der Waals surface area contributed by atoms with Crippen molar-refractivity contribution in [3.8, 4) is 0 Å². The molecular formula is C20H22N4O2. The van der Waals surface area contributed by atoms with Crippen molar-refractivity contribution in [2.24, 2.45) is 5.92 Å². The van der Waals surface area contributed by atoms with Crippen molar-refractivity contribution in [2.45, 2.75) is 25.8 Å². The Morgan fingerprint density at radius 1 is 0.962 bits per heavy atom. The van der Waals surface area contributed by atoms with Gasteiger partial charge in [-0.2, -0.15) is 0 Å².